The number of hydrogen-bond donors (Lipinski definition) is 1. The fourth-order valence-corrected chi connectivity index (χ4v) is 6.20. The fraction of sp³-hybridized carbons (Fsp3) is 0.310. The van der Waals surface area contributed by atoms with Crippen molar-refractivity contribution in [3.8, 4) is 0 Å². The van der Waals surface area contributed by atoms with Gasteiger partial charge in [-0.25, -0.2) is 0 Å². The summed E-state index contributed by atoms with van der Waals surface area (Å²) in [6, 6.07) is 16.3. The summed E-state index contributed by atoms with van der Waals surface area (Å²) in [5.74, 6) is 0.713. The lowest BCUT2D eigenvalue weighted by molar-refractivity contribution is -0.331. The van der Waals surface area contributed by atoms with E-state index in [0.29, 0.717) is 26.1 Å². The third-order valence-electron chi connectivity index (χ3n) is 7.11. The average Bonchev–Trinajstić information content (AvgIpc) is 3.04. The van der Waals surface area contributed by atoms with E-state index < -0.39 is 11.6 Å². The molecule has 0 saturated carbocycles. The van der Waals surface area contributed by atoms with Crippen LogP contribution in [0.2, 0.25) is 0 Å². The molecule has 1 fully saturated rings. The number of rotatable bonds is 5. The Morgan fingerprint density at radius 3 is 2.66 bits per heavy atom. The van der Waals surface area contributed by atoms with Crippen LogP contribution in [0.5, 0.6) is 0 Å². The molecule has 35 heavy (non-hydrogen) atoms. The minimum Gasteiger partial charge on any atom is -0.497 e. The Bertz CT molecular complexity index is 1290. The Hall–Kier alpha value is -2.77. The van der Waals surface area contributed by atoms with Gasteiger partial charge < -0.3 is 24.1 Å². The molecular weight excluding hydrogens is 460 g/mol. The smallest absolute Gasteiger partial charge is 0.327 e. The standard InChI is InChI=1S/C29H28O5S/c1-19-17-32-28(33-18-26(19)34-28)14-13-20-7-9-21(10-8-20)29(30)22-11-12-23(31-2)16-24(15-22)35-27-6-4-3-5-25(27)29/h3-12,16,30H,13-15,17-18H2,1-2H3. The molecule has 0 aromatic heterocycles. The minimum absolute atomic E-state index is 0.472. The van der Waals surface area contributed by atoms with Crippen LogP contribution >= 0.6 is 11.8 Å². The summed E-state index contributed by atoms with van der Waals surface area (Å²) in [5.41, 5.74) is 3.66. The number of ether oxygens (including phenoxy) is 4. The molecule has 3 heterocycles. The largest absolute Gasteiger partial charge is 0.497 e. The summed E-state index contributed by atoms with van der Waals surface area (Å²) in [6.07, 6.45) is 8.00. The predicted molar refractivity (Wildman–Crippen MR) is 134 cm³/mol. The van der Waals surface area contributed by atoms with Crippen LogP contribution in [0.4, 0.5) is 0 Å². The summed E-state index contributed by atoms with van der Waals surface area (Å²) >= 11 is 1.69. The lowest BCUT2D eigenvalue weighted by Crippen LogP contribution is -2.36. The van der Waals surface area contributed by atoms with Gasteiger partial charge in [-0.15, -0.1) is 0 Å². The van der Waals surface area contributed by atoms with Gasteiger partial charge in [-0.05, 0) is 58.7 Å². The minimum atomic E-state index is -1.24. The molecule has 4 aliphatic rings. The van der Waals surface area contributed by atoms with Crippen LogP contribution in [0.15, 0.2) is 99.2 Å². The van der Waals surface area contributed by atoms with Crippen molar-refractivity contribution < 1.29 is 24.1 Å². The molecule has 0 radical (unpaired) electrons. The Morgan fingerprint density at radius 2 is 1.83 bits per heavy atom. The molecule has 1 N–H and O–H groups in total. The average molecular weight is 489 g/mol. The fourth-order valence-electron chi connectivity index (χ4n) is 5.05. The molecule has 180 valence electrons. The third-order valence-corrected chi connectivity index (χ3v) is 8.21. The molecule has 0 spiro atoms. The Labute approximate surface area is 209 Å². The molecule has 6 heteroatoms. The highest BCUT2D eigenvalue weighted by Gasteiger charge is 2.45. The predicted octanol–water partition coefficient (Wildman–Crippen LogP) is 5.71. The summed E-state index contributed by atoms with van der Waals surface area (Å²) < 4.78 is 23.2. The van der Waals surface area contributed by atoms with Crippen LogP contribution in [0.3, 0.4) is 0 Å². The molecular formula is C29H28O5S. The van der Waals surface area contributed by atoms with E-state index in [1.807, 2.05) is 49.4 Å². The monoisotopic (exact) mass is 488 g/mol. The molecule has 4 bridgehead atoms. The van der Waals surface area contributed by atoms with Gasteiger partial charge in [0.1, 0.15) is 23.7 Å². The highest BCUT2D eigenvalue weighted by atomic mass is 32.2. The van der Waals surface area contributed by atoms with E-state index >= 15 is 0 Å². The third kappa shape index (κ3) is 3.95. The van der Waals surface area contributed by atoms with Crippen molar-refractivity contribution in [1.82, 2.24) is 0 Å². The second kappa shape index (κ2) is 8.71. The second-order valence-electron chi connectivity index (χ2n) is 9.32. The number of methoxy groups -OCH3 is 1. The molecule has 1 saturated heterocycles. The van der Waals surface area contributed by atoms with Crippen LogP contribution in [0.1, 0.15) is 36.5 Å². The van der Waals surface area contributed by atoms with Crippen molar-refractivity contribution in [2.75, 3.05) is 20.3 Å². The lowest BCUT2D eigenvalue weighted by Gasteiger charge is -2.32. The number of fused-ring (bicyclic) bond motifs is 5. The first-order valence-electron chi connectivity index (χ1n) is 11.9. The van der Waals surface area contributed by atoms with Crippen LogP contribution in [-0.2, 0) is 31.0 Å². The molecule has 5 nitrogen and oxygen atoms in total. The van der Waals surface area contributed by atoms with Crippen molar-refractivity contribution in [3.05, 3.63) is 111 Å². The molecule has 6 rings (SSSR count). The Morgan fingerprint density at radius 1 is 1.03 bits per heavy atom. The Balaban J connectivity index is 1.31. The van der Waals surface area contributed by atoms with Gasteiger partial charge >= 0.3 is 5.97 Å². The van der Waals surface area contributed by atoms with Crippen molar-refractivity contribution in [1.29, 1.82) is 0 Å². The zero-order chi connectivity index (χ0) is 24.0. The number of hydrogen-bond acceptors (Lipinski definition) is 6. The topological polar surface area (TPSA) is 57.2 Å². The van der Waals surface area contributed by atoms with Gasteiger partial charge in [0.25, 0.3) is 0 Å². The van der Waals surface area contributed by atoms with E-state index in [-0.39, 0.29) is 0 Å². The lowest BCUT2D eigenvalue weighted by atomic mass is 9.78. The van der Waals surface area contributed by atoms with Gasteiger partial charge in [-0.2, -0.15) is 0 Å². The van der Waals surface area contributed by atoms with Crippen molar-refractivity contribution >= 4 is 11.8 Å². The normalized spacial score (nSPS) is 27.1. The van der Waals surface area contributed by atoms with Gasteiger partial charge in [-0.3, -0.25) is 0 Å². The van der Waals surface area contributed by atoms with Crippen LogP contribution in [-0.4, -0.2) is 31.4 Å². The quantitative estimate of drug-likeness (QED) is 0.582. The number of allylic oxidation sites excluding steroid dienone is 4. The molecule has 3 aliphatic heterocycles. The van der Waals surface area contributed by atoms with Crippen molar-refractivity contribution in [2.24, 2.45) is 0 Å². The highest BCUT2D eigenvalue weighted by Crippen LogP contribution is 2.50. The molecule has 2 aromatic rings. The van der Waals surface area contributed by atoms with E-state index in [0.717, 1.165) is 55.6 Å². The summed E-state index contributed by atoms with van der Waals surface area (Å²) in [7, 11) is 1.67. The van der Waals surface area contributed by atoms with Crippen molar-refractivity contribution in [2.45, 2.75) is 42.7 Å². The zero-order valence-electron chi connectivity index (χ0n) is 19.9. The van der Waals surface area contributed by atoms with Gasteiger partial charge in [0, 0.05) is 23.3 Å². The molecule has 2 aromatic carbocycles. The van der Waals surface area contributed by atoms with Gasteiger partial charge in [-0.1, -0.05) is 60.3 Å². The Kier molecular flexibility index (Phi) is 5.65. The number of thioether (sulfide) groups is 1. The second-order valence-corrected chi connectivity index (χ2v) is 10.5. The molecule has 1 aliphatic carbocycles. The summed E-state index contributed by atoms with van der Waals surface area (Å²) in [6.45, 7) is 3.03. The SMILES string of the molecule is COC1=CC=C2CC(=C1)Sc1ccccc1C2(O)c1ccc(CCC23OCC(C)=C(CO2)O3)cc1. The number of benzene rings is 2. The maximum absolute atomic E-state index is 12.4. The van der Waals surface area contributed by atoms with E-state index in [9.17, 15) is 5.11 Å². The first-order chi connectivity index (χ1) is 17.0. The number of aliphatic hydroxyl groups is 1. The van der Waals surface area contributed by atoms with E-state index in [2.05, 4.69) is 24.3 Å². The number of aryl methyl sites for hydroxylation is 1. The van der Waals surface area contributed by atoms with Crippen LogP contribution in [0.25, 0.3) is 0 Å². The van der Waals surface area contributed by atoms with E-state index in [1.165, 1.54) is 0 Å². The van der Waals surface area contributed by atoms with Gasteiger partial charge in [0.05, 0.1) is 13.7 Å². The van der Waals surface area contributed by atoms with Gasteiger partial charge in [0.15, 0.2) is 0 Å². The molecule has 2 atom stereocenters. The van der Waals surface area contributed by atoms with E-state index in [4.69, 9.17) is 18.9 Å². The van der Waals surface area contributed by atoms with Gasteiger partial charge in [0.2, 0.25) is 0 Å². The van der Waals surface area contributed by atoms with Crippen molar-refractivity contribution in [3.63, 3.8) is 0 Å². The highest BCUT2D eigenvalue weighted by molar-refractivity contribution is 8.03. The zero-order valence-corrected chi connectivity index (χ0v) is 20.7. The van der Waals surface area contributed by atoms with E-state index in [1.54, 1.807) is 18.9 Å². The maximum Gasteiger partial charge on any atom is 0.327 e. The van der Waals surface area contributed by atoms with Crippen LogP contribution in [0, 0.1) is 0 Å². The first kappa shape index (κ1) is 22.7. The summed E-state index contributed by atoms with van der Waals surface area (Å²) in [5, 5.41) is 12.4. The first-order valence-corrected chi connectivity index (χ1v) is 12.7. The maximum atomic E-state index is 12.4. The molecule has 0 amide bonds. The summed E-state index contributed by atoms with van der Waals surface area (Å²) in [4.78, 5) is 2.20. The molecule has 2 unspecified atom stereocenters. The van der Waals surface area contributed by atoms with Crippen LogP contribution < -0.4 is 0 Å².